The van der Waals surface area contributed by atoms with Crippen LogP contribution in [-0.4, -0.2) is 136 Å². The molecule has 8 aromatic rings. The number of aliphatic hydroxyl groups excluding tert-OH is 1. The molecule has 502 valence electrons. The van der Waals surface area contributed by atoms with Crippen molar-refractivity contribution < 1.29 is 38.6 Å². The monoisotopic (exact) mass is 1310 g/mol. The van der Waals surface area contributed by atoms with E-state index in [1.54, 1.807) is 0 Å². The van der Waals surface area contributed by atoms with Gasteiger partial charge in [-0.3, -0.25) is 24.0 Å². The van der Waals surface area contributed by atoms with Gasteiger partial charge in [0.1, 0.15) is 11.6 Å². The second-order valence-electron chi connectivity index (χ2n) is 22.9. The maximum Gasteiger partial charge on any atom is 0.315 e. The number of nitrogens with one attached hydrogen (secondary N) is 8. The highest BCUT2D eigenvalue weighted by Gasteiger charge is 2.42. The Balaban J connectivity index is 0.000000276. The number of para-hydroxylation sites is 2. The standard InChI is InChI=1S/C41H49N7O5S.C31H35N5O3.2CH4/c49-34(22-11-10-21-33-36-32(27-54-33)46-41(52)47-36)53-26-13-3-12-23-42-37-30-19-8-9-20-31(30)45-38(48-37)40(51)44-25-14-24-43-39(50)35(28-15-4-1-5-16-28)29-17-6-2-7-18-29;37-22-11-3-10-19-32-28-25-17-8-9-18-26(25)35-29(36-28)31(39)34-21-12-20-33-30(38)27(23-13-4-1-5-14-23)24-15-6-2-7-16-24;;/h1-2,4-9,15-20,32-33,35-36H,3,10-14,21-27H2,(H,43,50)(H,44,51)(H,42,45,48)(H2,46,47,52);1-2,4-9,13-18,27,37H,3,10-12,19-22H2,(H,33,38)(H,34,39)(H,32,35,36);2*1H4. The first kappa shape index (κ1) is 72.9. The van der Waals surface area contributed by atoms with E-state index in [1.165, 1.54) is 0 Å². The van der Waals surface area contributed by atoms with E-state index in [1.807, 2.05) is 182 Å². The van der Waals surface area contributed by atoms with Gasteiger partial charge >= 0.3 is 12.0 Å². The lowest BCUT2D eigenvalue weighted by Gasteiger charge is -2.18. The highest BCUT2D eigenvalue weighted by Crippen LogP contribution is 2.34. The molecule has 0 spiro atoms. The van der Waals surface area contributed by atoms with E-state index in [4.69, 9.17) is 9.84 Å². The lowest BCUT2D eigenvalue weighted by molar-refractivity contribution is -0.144. The van der Waals surface area contributed by atoms with Gasteiger partial charge in [0.25, 0.3) is 11.8 Å². The number of benzene rings is 6. The summed E-state index contributed by atoms with van der Waals surface area (Å²) in [5.41, 5.74) is 5.06. The molecule has 0 bridgehead atoms. The summed E-state index contributed by atoms with van der Waals surface area (Å²) in [6, 6.07) is 54.3. The summed E-state index contributed by atoms with van der Waals surface area (Å²) in [5.74, 6) is 0.441. The van der Waals surface area contributed by atoms with Crippen molar-refractivity contribution in [2.24, 2.45) is 0 Å². The fourth-order valence-corrected chi connectivity index (χ4v) is 12.9. The molecule has 9 N–H and O–H groups in total. The van der Waals surface area contributed by atoms with Crippen LogP contribution in [0.4, 0.5) is 16.4 Å². The molecule has 4 heterocycles. The first-order valence-corrected chi connectivity index (χ1v) is 33.5. The van der Waals surface area contributed by atoms with E-state index in [0.717, 1.165) is 96.6 Å². The zero-order valence-corrected chi connectivity index (χ0v) is 53.2. The first-order chi connectivity index (χ1) is 45.6. The highest BCUT2D eigenvalue weighted by atomic mass is 32.2. The van der Waals surface area contributed by atoms with Gasteiger partial charge in [0.2, 0.25) is 23.5 Å². The molecule has 3 atom stereocenters. The van der Waals surface area contributed by atoms with E-state index in [-0.39, 0.29) is 80.8 Å². The molecular formula is C74H92N12O8S. The maximum absolute atomic E-state index is 13.3. The SMILES string of the molecule is C.C.O=C(NCCCNC(=O)C(c1ccccc1)c1ccccc1)c1nc(NCCCCCO)c2ccccc2n1.O=C1NC2CSC(CCCCC(=O)OCCCCCNc3nc(C(=O)NCCCNC(=O)C(c4ccccc4)c4ccccc4)nc4ccccc34)C2N1. The summed E-state index contributed by atoms with van der Waals surface area (Å²) >= 11 is 1.89. The quantitative estimate of drug-likeness (QED) is 0.0103. The molecule has 6 amide bonds. The fraction of sp³-hybridized carbons (Fsp3) is 0.378. The van der Waals surface area contributed by atoms with Crippen molar-refractivity contribution in [3.05, 3.63) is 204 Å². The Labute approximate surface area is 562 Å². The average Bonchev–Trinajstić information content (AvgIpc) is 1.88. The van der Waals surface area contributed by atoms with Crippen molar-refractivity contribution >= 4 is 80.8 Å². The third kappa shape index (κ3) is 22.1. The number of hydrogen-bond acceptors (Lipinski definition) is 15. The molecule has 0 aliphatic carbocycles. The highest BCUT2D eigenvalue weighted by molar-refractivity contribution is 8.00. The molecule has 21 heteroatoms. The van der Waals surface area contributed by atoms with Crippen molar-refractivity contribution in [3.63, 3.8) is 0 Å². The number of fused-ring (bicyclic) bond motifs is 3. The number of ether oxygens (including phenoxy) is 1. The number of aliphatic hydroxyl groups is 1. The van der Waals surface area contributed by atoms with Gasteiger partial charge in [-0.25, -0.2) is 24.7 Å². The number of aromatic nitrogens is 4. The van der Waals surface area contributed by atoms with Gasteiger partial charge in [0, 0.05) is 74.1 Å². The second kappa shape index (κ2) is 39.3. The summed E-state index contributed by atoms with van der Waals surface area (Å²) in [6.07, 6.45) is 9.26. The molecule has 2 saturated heterocycles. The van der Waals surface area contributed by atoms with Crippen molar-refractivity contribution in [2.75, 3.05) is 68.9 Å². The van der Waals surface area contributed by atoms with E-state index in [0.29, 0.717) is 93.1 Å². The minimum atomic E-state index is -0.421. The molecule has 0 saturated carbocycles. The Kier molecular flexibility index (Phi) is 30.2. The van der Waals surface area contributed by atoms with Crippen molar-refractivity contribution in [1.29, 1.82) is 0 Å². The Morgan fingerprint density at radius 3 is 1.38 bits per heavy atom. The number of thioether (sulfide) groups is 1. The number of carbonyl (C=O) groups excluding carboxylic acids is 6. The third-order valence-corrected chi connectivity index (χ3v) is 17.6. The molecule has 3 unspecified atom stereocenters. The molecule has 2 aromatic heterocycles. The predicted octanol–water partition coefficient (Wildman–Crippen LogP) is 11.1. The van der Waals surface area contributed by atoms with Crippen molar-refractivity contribution in [3.8, 4) is 0 Å². The number of carbonyl (C=O) groups is 6. The summed E-state index contributed by atoms with van der Waals surface area (Å²) in [5, 5.41) is 35.5. The van der Waals surface area contributed by atoms with Crippen LogP contribution < -0.4 is 42.5 Å². The molecule has 2 aliphatic heterocycles. The Morgan fingerprint density at radius 2 is 0.916 bits per heavy atom. The summed E-state index contributed by atoms with van der Waals surface area (Å²) in [7, 11) is 0. The predicted molar refractivity (Wildman–Crippen MR) is 379 cm³/mol. The van der Waals surface area contributed by atoms with Gasteiger partial charge in [-0.2, -0.15) is 11.8 Å². The lowest BCUT2D eigenvalue weighted by Crippen LogP contribution is -2.36. The van der Waals surface area contributed by atoms with Gasteiger partial charge in [0.15, 0.2) is 0 Å². The van der Waals surface area contributed by atoms with Gasteiger partial charge in [-0.1, -0.05) is 167 Å². The smallest absolute Gasteiger partial charge is 0.315 e. The maximum atomic E-state index is 13.3. The molecule has 2 fully saturated rings. The van der Waals surface area contributed by atoms with Gasteiger partial charge < -0.3 is 52.4 Å². The number of amides is 6. The molecule has 2 aliphatic rings. The minimum Gasteiger partial charge on any atom is -0.466 e. The number of anilines is 2. The van der Waals surface area contributed by atoms with Gasteiger partial charge in [0.05, 0.1) is 41.6 Å². The van der Waals surface area contributed by atoms with Crippen LogP contribution in [0.3, 0.4) is 0 Å². The van der Waals surface area contributed by atoms with E-state index in [2.05, 4.69) is 62.5 Å². The second-order valence-corrected chi connectivity index (χ2v) is 24.2. The molecule has 10 rings (SSSR count). The molecule has 95 heavy (non-hydrogen) atoms. The van der Waals surface area contributed by atoms with Crippen molar-refractivity contribution in [1.82, 2.24) is 51.8 Å². The number of esters is 1. The number of unbranched alkanes of at least 4 members (excludes halogenated alkanes) is 5. The summed E-state index contributed by atoms with van der Waals surface area (Å²) in [4.78, 5) is 94.1. The van der Waals surface area contributed by atoms with E-state index >= 15 is 0 Å². The number of hydrogen-bond donors (Lipinski definition) is 9. The third-order valence-electron chi connectivity index (χ3n) is 16.1. The number of urea groups is 1. The zero-order chi connectivity index (χ0) is 64.8. The summed E-state index contributed by atoms with van der Waals surface area (Å²) in [6.45, 7) is 3.46. The van der Waals surface area contributed by atoms with Gasteiger partial charge in [-0.05, 0) is 111 Å². The van der Waals surface area contributed by atoms with E-state index < -0.39 is 11.8 Å². The molecular weight excluding hydrogens is 1220 g/mol. The van der Waals surface area contributed by atoms with Crippen LogP contribution in [0.2, 0.25) is 0 Å². The van der Waals surface area contributed by atoms with E-state index in [9.17, 15) is 28.8 Å². The molecule has 20 nitrogen and oxygen atoms in total. The van der Waals surface area contributed by atoms with Crippen LogP contribution in [-0.2, 0) is 19.1 Å². The topological polar surface area (TPSA) is 280 Å². The van der Waals surface area contributed by atoms with Crippen LogP contribution in [0.1, 0.15) is 147 Å². The largest absolute Gasteiger partial charge is 0.466 e. The first-order valence-electron chi connectivity index (χ1n) is 32.4. The van der Waals surface area contributed by atoms with Crippen LogP contribution in [0, 0.1) is 0 Å². The number of rotatable bonds is 34. The van der Waals surface area contributed by atoms with Crippen molar-refractivity contribution in [2.45, 2.75) is 121 Å². The normalized spacial score (nSPS) is 14.4. The average molecular weight is 1310 g/mol. The minimum absolute atomic E-state index is 0. The Bertz CT molecular complexity index is 3610. The lowest BCUT2D eigenvalue weighted by atomic mass is 9.90. The molecule has 6 aromatic carbocycles. The van der Waals surface area contributed by atoms with Crippen LogP contribution in [0.5, 0.6) is 0 Å². The fourth-order valence-electron chi connectivity index (χ4n) is 11.3. The Hall–Kier alpha value is -9.47. The van der Waals surface area contributed by atoms with Crippen LogP contribution in [0.15, 0.2) is 170 Å². The van der Waals surface area contributed by atoms with Crippen LogP contribution in [0.25, 0.3) is 21.8 Å². The Morgan fingerprint density at radius 1 is 0.484 bits per heavy atom. The molecule has 0 radical (unpaired) electrons. The number of nitrogens with zero attached hydrogens (tertiary/aromatic N) is 4. The summed E-state index contributed by atoms with van der Waals surface area (Å²) < 4.78 is 5.45. The van der Waals surface area contributed by atoms with Gasteiger partial charge in [-0.15, -0.1) is 0 Å². The zero-order valence-electron chi connectivity index (χ0n) is 52.4. The van der Waals surface area contributed by atoms with Crippen LogP contribution >= 0.6 is 11.8 Å².